The maximum Gasteiger partial charge on any atom is 0.163 e. The third-order valence-corrected chi connectivity index (χ3v) is 4.01. The van der Waals surface area contributed by atoms with Crippen LogP contribution in [0.4, 0.5) is 0 Å². The summed E-state index contributed by atoms with van der Waals surface area (Å²) in [4.78, 5) is 11.8. The summed E-state index contributed by atoms with van der Waals surface area (Å²) >= 11 is 0. The molecule has 0 aliphatic heterocycles. The van der Waals surface area contributed by atoms with E-state index < -0.39 is 5.60 Å². The van der Waals surface area contributed by atoms with Gasteiger partial charge in [-0.15, -0.1) is 0 Å². The molecule has 112 valence electrons. The van der Waals surface area contributed by atoms with E-state index in [0.29, 0.717) is 11.3 Å². The molecule has 1 N–H and O–H groups in total. The van der Waals surface area contributed by atoms with Crippen LogP contribution in [0.1, 0.15) is 38.1 Å². The summed E-state index contributed by atoms with van der Waals surface area (Å²) in [6.45, 7) is 7.31. The highest BCUT2D eigenvalue weighted by molar-refractivity contribution is 6.03. The minimum atomic E-state index is -0.939. The molecule has 0 aromatic heterocycles. The van der Waals surface area contributed by atoms with Crippen LogP contribution in [0.15, 0.2) is 36.4 Å². The van der Waals surface area contributed by atoms with Crippen molar-refractivity contribution >= 4 is 16.6 Å². The quantitative estimate of drug-likeness (QED) is 0.850. The van der Waals surface area contributed by atoms with Crippen LogP contribution in [0.25, 0.3) is 10.8 Å². The Labute approximate surface area is 125 Å². The van der Waals surface area contributed by atoms with Gasteiger partial charge in [-0.05, 0) is 31.2 Å². The molecule has 3 nitrogen and oxygen atoms in total. The molecule has 0 heterocycles. The molecule has 0 aliphatic rings. The molecule has 0 spiro atoms. The molecule has 21 heavy (non-hydrogen) atoms. The maximum absolute atomic E-state index is 11.8. The third-order valence-electron chi connectivity index (χ3n) is 4.01. The summed E-state index contributed by atoms with van der Waals surface area (Å²) in [6.07, 6.45) is 0. The lowest BCUT2D eigenvalue weighted by Gasteiger charge is -2.28. The van der Waals surface area contributed by atoms with Gasteiger partial charge in [0.15, 0.2) is 5.78 Å². The van der Waals surface area contributed by atoms with Crippen molar-refractivity contribution in [2.45, 2.75) is 33.3 Å². The monoisotopic (exact) mass is 286 g/mol. The van der Waals surface area contributed by atoms with Crippen molar-refractivity contribution in [1.29, 1.82) is 0 Å². The number of carbonyl (C=O) groups is 1. The van der Waals surface area contributed by atoms with E-state index in [1.807, 2.05) is 44.2 Å². The first-order valence-electron chi connectivity index (χ1n) is 7.21. The molecule has 0 bridgehead atoms. The lowest BCUT2D eigenvalue weighted by Crippen LogP contribution is -2.38. The molecule has 0 aliphatic carbocycles. The number of ketones is 1. The van der Waals surface area contributed by atoms with E-state index in [9.17, 15) is 9.90 Å². The molecular formula is C18H22O3. The first kappa shape index (κ1) is 15.5. The van der Waals surface area contributed by atoms with Gasteiger partial charge in [0.2, 0.25) is 0 Å². The average molecular weight is 286 g/mol. The number of benzene rings is 2. The topological polar surface area (TPSA) is 46.5 Å². The number of hydrogen-bond acceptors (Lipinski definition) is 3. The SMILES string of the molecule is CC(=O)c1ccc2ccccc2c1OCC(C)(O)C(C)C. The predicted molar refractivity (Wildman–Crippen MR) is 84.9 cm³/mol. The number of fused-ring (bicyclic) bond motifs is 1. The van der Waals surface area contributed by atoms with Crippen LogP contribution in [0.5, 0.6) is 5.75 Å². The van der Waals surface area contributed by atoms with Gasteiger partial charge in [0.25, 0.3) is 0 Å². The second-order valence-corrected chi connectivity index (χ2v) is 6.02. The van der Waals surface area contributed by atoms with E-state index in [4.69, 9.17) is 4.74 Å². The largest absolute Gasteiger partial charge is 0.489 e. The smallest absolute Gasteiger partial charge is 0.163 e. The Bertz CT molecular complexity index is 657. The highest BCUT2D eigenvalue weighted by Crippen LogP contribution is 2.31. The molecule has 2 rings (SSSR count). The highest BCUT2D eigenvalue weighted by atomic mass is 16.5. The maximum atomic E-state index is 11.8. The lowest BCUT2D eigenvalue weighted by atomic mass is 9.93. The summed E-state index contributed by atoms with van der Waals surface area (Å²) in [5.41, 5.74) is -0.390. The average Bonchev–Trinajstić information content (AvgIpc) is 2.44. The van der Waals surface area contributed by atoms with E-state index in [1.165, 1.54) is 6.92 Å². The fourth-order valence-corrected chi connectivity index (χ4v) is 2.06. The fraction of sp³-hybridized carbons (Fsp3) is 0.389. The Kier molecular flexibility index (Phi) is 4.33. The van der Waals surface area contributed by atoms with Crippen molar-refractivity contribution in [2.75, 3.05) is 6.61 Å². The molecule has 3 heteroatoms. The number of rotatable bonds is 5. The molecule has 2 aromatic carbocycles. The molecule has 1 atom stereocenters. The number of aliphatic hydroxyl groups is 1. The van der Waals surface area contributed by atoms with Crippen molar-refractivity contribution in [2.24, 2.45) is 5.92 Å². The van der Waals surface area contributed by atoms with Gasteiger partial charge >= 0.3 is 0 Å². The third kappa shape index (κ3) is 3.24. The summed E-state index contributed by atoms with van der Waals surface area (Å²) in [5, 5.41) is 12.3. The normalized spacial score (nSPS) is 14.2. The number of carbonyl (C=O) groups excluding carboxylic acids is 1. The van der Waals surface area contributed by atoms with Crippen LogP contribution < -0.4 is 4.74 Å². The van der Waals surface area contributed by atoms with Gasteiger partial charge in [0, 0.05) is 5.39 Å². The zero-order valence-corrected chi connectivity index (χ0v) is 13.0. The predicted octanol–water partition coefficient (Wildman–Crippen LogP) is 3.83. The number of Topliss-reactive ketones (excluding diaryl/α,β-unsaturated/α-hetero) is 1. The molecule has 0 amide bonds. The van der Waals surface area contributed by atoms with Gasteiger partial charge in [-0.3, -0.25) is 4.79 Å². The van der Waals surface area contributed by atoms with Crippen LogP contribution in [0, 0.1) is 5.92 Å². The van der Waals surface area contributed by atoms with E-state index >= 15 is 0 Å². The summed E-state index contributed by atoms with van der Waals surface area (Å²) in [7, 11) is 0. The van der Waals surface area contributed by atoms with Crippen LogP contribution in [-0.4, -0.2) is 23.1 Å². The second kappa shape index (κ2) is 5.86. The Hall–Kier alpha value is -1.87. The second-order valence-electron chi connectivity index (χ2n) is 6.02. The van der Waals surface area contributed by atoms with Gasteiger partial charge in [0.1, 0.15) is 12.4 Å². The number of hydrogen-bond donors (Lipinski definition) is 1. The number of ether oxygens (including phenoxy) is 1. The summed E-state index contributed by atoms with van der Waals surface area (Å²) < 4.78 is 5.87. The van der Waals surface area contributed by atoms with Crippen LogP contribution in [-0.2, 0) is 0 Å². The van der Waals surface area contributed by atoms with E-state index in [-0.39, 0.29) is 18.3 Å². The zero-order chi connectivity index (χ0) is 15.6. The first-order chi connectivity index (χ1) is 9.83. The van der Waals surface area contributed by atoms with Crippen molar-refractivity contribution < 1.29 is 14.6 Å². The lowest BCUT2D eigenvalue weighted by molar-refractivity contribution is -0.0264. The highest BCUT2D eigenvalue weighted by Gasteiger charge is 2.27. The van der Waals surface area contributed by atoms with Gasteiger partial charge in [-0.1, -0.05) is 44.2 Å². The summed E-state index contributed by atoms with van der Waals surface area (Å²) in [5.74, 6) is 0.578. The minimum absolute atomic E-state index is 0.0417. The van der Waals surface area contributed by atoms with Crippen LogP contribution in [0.3, 0.4) is 0 Å². The van der Waals surface area contributed by atoms with Gasteiger partial charge in [-0.2, -0.15) is 0 Å². The molecule has 0 radical (unpaired) electrons. The summed E-state index contributed by atoms with van der Waals surface area (Å²) in [6, 6.07) is 11.5. The Morgan fingerprint density at radius 2 is 1.90 bits per heavy atom. The van der Waals surface area contributed by atoms with Crippen LogP contribution >= 0.6 is 0 Å². The zero-order valence-electron chi connectivity index (χ0n) is 13.0. The van der Waals surface area contributed by atoms with Gasteiger partial charge < -0.3 is 9.84 Å². The molecule has 2 aromatic rings. The molecular weight excluding hydrogens is 264 g/mol. The van der Waals surface area contributed by atoms with Crippen molar-refractivity contribution in [3.8, 4) is 5.75 Å². The van der Waals surface area contributed by atoms with Crippen molar-refractivity contribution in [1.82, 2.24) is 0 Å². The van der Waals surface area contributed by atoms with Gasteiger partial charge in [-0.25, -0.2) is 0 Å². The fourth-order valence-electron chi connectivity index (χ4n) is 2.06. The van der Waals surface area contributed by atoms with Crippen LogP contribution in [0.2, 0.25) is 0 Å². The molecule has 0 fully saturated rings. The van der Waals surface area contributed by atoms with E-state index in [2.05, 4.69) is 0 Å². The van der Waals surface area contributed by atoms with E-state index in [0.717, 1.165) is 10.8 Å². The molecule has 1 unspecified atom stereocenters. The van der Waals surface area contributed by atoms with Crippen molar-refractivity contribution in [3.63, 3.8) is 0 Å². The Balaban J connectivity index is 2.45. The molecule has 0 saturated carbocycles. The van der Waals surface area contributed by atoms with E-state index in [1.54, 1.807) is 13.0 Å². The first-order valence-corrected chi connectivity index (χ1v) is 7.21. The minimum Gasteiger partial charge on any atom is -0.489 e. The van der Waals surface area contributed by atoms with Gasteiger partial charge in [0.05, 0.1) is 11.2 Å². The standard InChI is InChI=1S/C18H22O3/c1-12(2)18(4,20)11-21-17-15(13(3)19)10-9-14-7-5-6-8-16(14)17/h5-10,12,20H,11H2,1-4H3. The Morgan fingerprint density at radius 1 is 1.24 bits per heavy atom. The van der Waals surface area contributed by atoms with Crippen molar-refractivity contribution in [3.05, 3.63) is 42.0 Å². The molecule has 0 saturated heterocycles. The Morgan fingerprint density at radius 3 is 2.52 bits per heavy atom.